The van der Waals surface area contributed by atoms with Crippen LogP contribution in [0.3, 0.4) is 0 Å². The summed E-state index contributed by atoms with van der Waals surface area (Å²) in [6.07, 6.45) is 0.735. The quantitative estimate of drug-likeness (QED) is 0.868. The maximum absolute atomic E-state index is 13.1. The Morgan fingerprint density at radius 3 is 2.17 bits per heavy atom. The lowest BCUT2D eigenvalue weighted by Gasteiger charge is -2.33. The first-order valence-electron chi connectivity index (χ1n) is 9.98. The third-order valence-electron chi connectivity index (χ3n) is 5.70. The van der Waals surface area contributed by atoms with E-state index in [4.69, 9.17) is 0 Å². The molecule has 150 valence electrons. The summed E-state index contributed by atoms with van der Waals surface area (Å²) in [4.78, 5) is 41.1. The monoisotopic (exact) mass is 392 g/mol. The number of benzene rings is 2. The summed E-state index contributed by atoms with van der Waals surface area (Å²) in [6, 6.07) is 16.4. The molecule has 0 aliphatic carbocycles. The van der Waals surface area contributed by atoms with Crippen LogP contribution in [-0.4, -0.2) is 64.3 Å². The Bertz CT molecular complexity index is 902. The minimum atomic E-state index is -0.751. The second-order valence-electron chi connectivity index (χ2n) is 7.69. The van der Waals surface area contributed by atoms with Crippen LogP contribution in [0.2, 0.25) is 0 Å². The molecule has 2 aliphatic rings. The van der Waals surface area contributed by atoms with E-state index in [0.717, 1.165) is 11.1 Å². The van der Waals surface area contributed by atoms with Crippen LogP contribution in [0.25, 0.3) is 11.1 Å². The summed E-state index contributed by atoms with van der Waals surface area (Å²) >= 11 is 0. The van der Waals surface area contributed by atoms with E-state index in [9.17, 15) is 19.5 Å². The Labute approximate surface area is 169 Å². The molecule has 0 spiro atoms. The summed E-state index contributed by atoms with van der Waals surface area (Å²) in [5.41, 5.74) is 2.52. The van der Waals surface area contributed by atoms with Crippen molar-refractivity contribution < 1.29 is 19.5 Å². The number of hydrogen-bond acceptors (Lipinski definition) is 4. The number of carbonyl (C=O) groups is 3. The van der Waals surface area contributed by atoms with Gasteiger partial charge >= 0.3 is 0 Å². The van der Waals surface area contributed by atoms with Gasteiger partial charge in [0.1, 0.15) is 6.04 Å². The van der Waals surface area contributed by atoms with Crippen LogP contribution in [0.5, 0.6) is 0 Å². The molecular formula is C23H24N2O4. The Morgan fingerprint density at radius 1 is 0.897 bits per heavy atom. The molecule has 0 saturated carbocycles. The fourth-order valence-corrected chi connectivity index (χ4v) is 4.02. The molecule has 0 unspecified atom stereocenters. The minimum absolute atomic E-state index is 0.0356. The van der Waals surface area contributed by atoms with E-state index in [1.807, 2.05) is 42.5 Å². The molecule has 0 aromatic heterocycles. The molecule has 0 bridgehead atoms. The first kappa shape index (κ1) is 19.3. The van der Waals surface area contributed by atoms with Crippen molar-refractivity contribution in [2.45, 2.75) is 31.4 Å². The van der Waals surface area contributed by atoms with Crippen molar-refractivity contribution in [3.8, 4) is 11.1 Å². The summed E-state index contributed by atoms with van der Waals surface area (Å²) in [5, 5.41) is 9.65. The van der Waals surface area contributed by atoms with Gasteiger partial charge in [-0.05, 0) is 36.1 Å². The summed E-state index contributed by atoms with van der Waals surface area (Å²) < 4.78 is 0. The number of likely N-dealkylation sites (tertiary alicyclic amines) is 2. The fraction of sp³-hybridized carbons (Fsp3) is 0.348. The number of amides is 2. The van der Waals surface area contributed by atoms with Crippen LogP contribution in [0, 0.1) is 0 Å². The largest absolute Gasteiger partial charge is 0.393 e. The molecular weight excluding hydrogens is 368 g/mol. The molecule has 2 aromatic carbocycles. The van der Waals surface area contributed by atoms with Gasteiger partial charge in [0.25, 0.3) is 5.91 Å². The van der Waals surface area contributed by atoms with Crippen molar-refractivity contribution in [1.29, 1.82) is 0 Å². The maximum atomic E-state index is 13.1. The molecule has 2 amide bonds. The lowest BCUT2D eigenvalue weighted by Crippen LogP contribution is -2.50. The molecule has 2 saturated heterocycles. The van der Waals surface area contributed by atoms with Gasteiger partial charge in [-0.15, -0.1) is 0 Å². The highest BCUT2D eigenvalue weighted by atomic mass is 16.3. The molecule has 1 atom stereocenters. The molecule has 2 aliphatic heterocycles. The Balaban J connectivity index is 1.50. The van der Waals surface area contributed by atoms with Gasteiger partial charge in [0.15, 0.2) is 5.78 Å². The predicted molar refractivity (Wildman–Crippen MR) is 108 cm³/mol. The molecule has 2 heterocycles. The number of nitrogens with zero attached hydrogens (tertiary/aromatic N) is 2. The fourth-order valence-electron chi connectivity index (χ4n) is 4.02. The third-order valence-corrected chi connectivity index (χ3v) is 5.70. The van der Waals surface area contributed by atoms with Gasteiger partial charge < -0.3 is 14.9 Å². The van der Waals surface area contributed by atoms with Gasteiger partial charge in [0.05, 0.1) is 12.6 Å². The topological polar surface area (TPSA) is 77.9 Å². The van der Waals surface area contributed by atoms with Crippen molar-refractivity contribution in [3.05, 3.63) is 60.2 Å². The highest BCUT2D eigenvalue weighted by Gasteiger charge is 2.41. The number of Topliss-reactive ketones (excluding diaryl/α,β-unsaturated/α-hetero) is 1. The summed E-state index contributed by atoms with van der Waals surface area (Å²) in [6.45, 7) is 0.878. The van der Waals surface area contributed by atoms with Crippen molar-refractivity contribution in [1.82, 2.24) is 9.80 Å². The van der Waals surface area contributed by atoms with Crippen LogP contribution in [0.4, 0.5) is 0 Å². The second-order valence-corrected chi connectivity index (χ2v) is 7.69. The molecule has 0 radical (unpaired) electrons. The van der Waals surface area contributed by atoms with E-state index in [2.05, 4.69) is 0 Å². The Hall–Kier alpha value is -2.99. The summed E-state index contributed by atoms with van der Waals surface area (Å²) in [5.74, 6) is -0.600. The molecule has 1 N–H and O–H groups in total. The molecule has 29 heavy (non-hydrogen) atoms. The predicted octanol–water partition coefficient (Wildman–Crippen LogP) is 2.12. The number of piperidine rings is 1. The number of aliphatic hydroxyl groups excluding tert-OH is 1. The van der Waals surface area contributed by atoms with E-state index in [-0.39, 0.29) is 36.7 Å². The maximum Gasteiger partial charge on any atom is 0.254 e. The number of rotatable bonds is 3. The van der Waals surface area contributed by atoms with Crippen LogP contribution in [-0.2, 0) is 9.59 Å². The van der Waals surface area contributed by atoms with Gasteiger partial charge in [-0.1, -0.05) is 42.5 Å². The van der Waals surface area contributed by atoms with E-state index in [1.54, 1.807) is 17.0 Å². The second kappa shape index (κ2) is 8.17. The number of hydrogen-bond donors (Lipinski definition) is 1. The van der Waals surface area contributed by atoms with Crippen molar-refractivity contribution >= 4 is 17.6 Å². The third kappa shape index (κ3) is 4.07. The smallest absolute Gasteiger partial charge is 0.254 e. The standard InChI is InChI=1S/C23H24N2O4/c26-19-10-12-24(13-11-19)23(29)21-14-20(27)15-25(21)22(28)18-8-6-17(7-9-18)16-4-2-1-3-5-16/h1-9,19,21,26H,10-15H2/t21-/m0/s1. The Morgan fingerprint density at radius 2 is 1.52 bits per heavy atom. The van der Waals surface area contributed by atoms with E-state index in [0.29, 0.717) is 31.5 Å². The normalized spacial score (nSPS) is 20.2. The zero-order chi connectivity index (χ0) is 20.4. The van der Waals surface area contributed by atoms with Crippen LogP contribution >= 0.6 is 0 Å². The number of ketones is 1. The highest BCUT2D eigenvalue weighted by Crippen LogP contribution is 2.24. The van der Waals surface area contributed by atoms with Crippen molar-refractivity contribution in [2.75, 3.05) is 19.6 Å². The zero-order valence-electron chi connectivity index (χ0n) is 16.2. The first-order chi connectivity index (χ1) is 14.0. The summed E-state index contributed by atoms with van der Waals surface area (Å²) in [7, 11) is 0. The van der Waals surface area contributed by atoms with Gasteiger partial charge in [-0.2, -0.15) is 0 Å². The molecule has 4 rings (SSSR count). The van der Waals surface area contributed by atoms with E-state index < -0.39 is 6.04 Å². The molecule has 2 fully saturated rings. The zero-order valence-corrected chi connectivity index (χ0v) is 16.2. The van der Waals surface area contributed by atoms with Gasteiger partial charge in [-0.25, -0.2) is 0 Å². The van der Waals surface area contributed by atoms with Crippen molar-refractivity contribution in [2.24, 2.45) is 0 Å². The molecule has 6 nitrogen and oxygen atoms in total. The first-order valence-corrected chi connectivity index (χ1v) is 9.98. The van der Waals surface area contributed by atoms with Crippen LogP contribution in [0.15, 0.2) is 54.6 Å². The lowest BCUT2D eigenvalue weighted by atomic mass is 10.0. The van der Waals surface area contributed by atoms with E-state index in [1.165, 1.54) is 4.90 Å². The number of carbonyl (C=O) groups excluding carboxylic acids is 3. The van der Waals surface area contributed by atoms with E-state index >= 15 is 0 Å². The average molecular weight is 392 g/mol. The minimum Gasteiger partial charge on any atom is -0.393 e. The average Bonchev–Trinajstić information content (AvgIpc) is 3.15. The molecule has 2 aromatic rings. The molecule has 6 heteroatoms. The Kier molecular flexibility index (Phi) is 5.45. The number of aliphatic hydroxyl groups is 1. The lowest BCUT2D eigenvalue weighted by molar-refractivity contribution is -0.137. The van der Waals surface area contributed by atoms with Gasteiger partial charge in [0, 0.05) is 25.1 Å². The van der Waals surface area contributed by atoms with Crippen LogP contribution in [0.1, 0.15) is 29.6 Å². The van der Waals surface area contributed by atoms with Gasteiger partial charge in [-0.3, -0.25) is 14.4 Å². The van der Waals surface area contributed by atoms with Crippen molar-refractivity contribution in [3.63, 3.8) is 0 Å². The van der Waals surface area contributed by atoms with Gasteiger partial charge in [0.2, 0.25) is 5.91 Å². The SMILES string of the molecule is O=C1C[C@@H](C(=O)N2CCC(O)CC2)N(C(=O)c2ccc(-c3ccccc3)cc2)C1. The van der Waals surface area contributed by atoms with Crippen LogP contribution < -0.4 is 0 Å². The highest BCUT2D eigenvalue weighted by molar-refractivity contribution is 6.04.